The molecule has 0 unspecified atom stereocenters. The van der Waals surface area contributed by atoms with Crippen molar-refractivity contribution in [2.45, 2.75) is 13.2 Å². The lowest BCUT2D eigenvalue weighted by Gasteiger charge is -2.17. The van der Waals surface area contributed by atoms with Crippen molar-refractivity contribution in [3.63, 3.8) is 0 Å². The number of nitrogens with zero attached hydrogens (tertiary/aromatic N) is 2. The van der Waals surface area contributed by atoms with Gasteiger partial charge in [0.25, 0.3) is 0 Å². The highest BCUT2D eigenvalue weighted by atomic mass is 32.1. The van der Waals surface area contributed by atoms with Crippen molar-refractivity contribution in [2.75, 3.05) is 13.7 Å². The van der Waals surface area contributed by atoms with E-state index in [1.807, 2.05) is 53.9 Å². The van der Waals surface area contributed by atoms with Crippen LogP contribution in [0.4, 0.5) is 0 Å². The maximum atomic E-state index is 12.1. The molecule has 6 heteroatoms. The Hall–Kier alpha value is -2.44. The van der Waals surface area contributed by atoms with E-state index < -0.39 is 0 Å². The van der Waals surface area contributed by atoms with Crippen LogP contribution in [0.2, 0.25) is 0 Å². The number of carbonyl (C=O) groups excluding carboxylic acids is 1. The molecule has 5 nitrogen and oxygen atoms in total. The van der Waals surface area contributed by atoms with Crippen LogP contribution in [-0.2, 0) is 22.7 Å². The third-order valence-corrected chi connectivity index (χ3v) is 4.37. The minimum absolute atomic E-state index is 0.0184. The minimum atomic E-state index is -0.0687. The zero-order valence-electron chi connectivity index (χ0n) is 13.3. The number of hydrogen-bond acceptors (Lipinski definition) is 5. The molecule has 0 saturated carbocycles. The van der Waals surface area contributed by atoms with Gasteiger partial charge in [-0.05, 0) is 17.0 Å². The number of rotatable bonds is 7. The minimum Gasteiger partial charge on any atom is -0.365 e. The van der Waals surface area contributed by atoms with Crippen molar-refractivity contribution in [3.05, 3.63) is 65.2 Å². The molecule has 0 atom stereocenters. The summed E-state index contributed by atoms with van der Waals surface area (Å²) < 4.78 is 10.7. The summed E-state index contributed by atoms with van der Waals surface area (Å²) in [5, 5.41) is 5.94. The molecule has 0 bridgehead atoms. The zero-order valence-corrected chi connectivity index (χ0v) is 14.2. The monoisotopic (exact) mass is 342 g/mol. The van der Waals surface area contributed by atoms with Gasteiger partial charge in [-0.1, -0.05) is 41.6 Å². The van der Waals surface area contributed by atoms with E-state index in [0.717, 1.165) is 16.2 Å². The van der Waals surface area contributed by atoms with Crippen LogP contribution in [0.15, 0.2) is 58.4 Å². The Labute approximate surface area is 144 Å². The number of hydrogen-bond donors (Lipinski definition) is 0. The molecule has 0 saturated heterocycles. The Morgan fingerprint density at radius 1 is 1.25 bits per heavy atom. The lowest BCUT2D eigenvalue weighted by Crippen LogP contribution is -2.29. The molecule has 0 aliphatic carbocycles. The smallest absolute Gasteiger partial charge is 0.248 e. The molecule has 0 spiro atoms. The van der Waals surface area contributed by atoms with E-state index in [0.29, 0.717) is 12.2 Å². The van der Waals surface area contributed by atoms with Crippen LogP contribution < -0.4 is 0 Å². The van der Waals surface area contributed by atoms with Crippen LogP contribution in [0.1, 0.15) is 11.3 Å². The van der Waals surface area contributed by atoms with Gasteiger partial charge in [0.15, 0.2) is 5.76 Å². The van der Waals surface area contributed by atoms with Crippen molar-refractivity contribution >= 4 is 17.2 Å². The maximum Gasteiger partial charge on any atom is 0.248 e. The molecular weight excluding hydrogens is 324 g/mol. The maximum absolute atomic E-state index is 12.1. The molecule has 0 aliphatic heterocycles. The van der Waals surface area contributed by atoms with Gasteiger partial charge in [-0.2, -0.15) is 0 Å². The van der Waals surface area contributed by atoms with Gasteiger partial charge in [0.05, 0.1) is 11.5 Å². The van der Waals surface area contributed by atoms with Crippen molar-refractivity contribution in [3.8, 4) is 10.6 Å². The molecule has 1 amide bonds. The van der Waals surface area contributed by atoms with Crippen LogP contribution in [0.25, 0.3) is 10.6 Å². The van der Waals surface area contributed by atoms with E-state index in [1.54, 1.807) is 23.3 Å². The molecule has 0 fully saturated rings. The van der Waals surface area contributed by atoms with E-state index in [1.165, 1.54) is 0 Å². The Bertz CT molecular complexity index is 769. The first-order chi connectivity index (χ1) is 11.7. The van der Waals surface area contributed by atoms with Crippen LogP contribution >= 0.6 is 11.3 Å². The van der Waals surface area contributed by atoms with Crippen LogP contribution in [0.5, 0.6) is 0 Å². The SMILES string of the molecule is CN(Cc1ccccc1)C(=O)COCc1cc(-c2cccs2)on1. The largest absolute Gasteiger partial charge is 0.365 e. The van der Waals surface area contributed by atoms with Gasteiger partial charge >= 0.3 is 0 Å². The highest BCUT2D eigenvalue weighted by molar-refractivity contribution is 7.13. The number of benzene rings is 1. The van der Waals surface area contributed by atoms with Gasteiger partial charge in [-0.3, -0.25) is 4.79 Å². The number of carbonyl (C=O) groups is 1. The Balaban J connectivity index is 1.45. The fourth-order valence-electron chi connectivity index (χ4n) is 2.21. The summed E-state index contributed by atoms with van der Waals surface area (Å²) in [4.78, 5) is 14.8. The fourth-order valence-corrected chi connectivity index (χ4v) is 2.89. The summed E-state index contributed by atoms with van der Waals surface area (Å²) in [6, 6.07) is 15.6. The first-order valence-electron chi connectivity index (χ1n) is 7.57. The number of aromatic nitrogens is 1. The van der Waals surface area contributed by atoms with Gasteiger partial charge < -0.3 is 14.2 Å². The average Bonchev–Trinajstić information content (AvgIpc) is 3.27. The van der Waals surface area contributed by atoms with Gasteiger partial charge in [-0.25, -0.2) is 0 Å². The predicted molar refractivity (Wildman–Crippen MR) is 92.4 cm³/mol. The Morgan fingerprint density at radius 3 is 2.83 bits per heavy atom. The quantitative estimate of drug-likeness (QED) is 0.658. The standard InChI is InChI=1S/C18H18N2O3S/c1-20(11-14-6-3-2-4-7-14)18(21)13-22-12-15-10-16(23-19-15)17-8-5-9-24-17/h2-10H,11-13H2,1H3. The lowest BCUT2D eigenvalue weighted by atomic mass is 10.2. The highest BCUT2D eigenvalue weighted by Gasteiger charge is 2.11. The third kappa shape index (κ3) is 4.31. The second-order valence-corrected chi connectivity index (χ2v) is 6.34. The average molecular weight is 342 g/mol. The predicted octanol–water partition coefficient (Wildman–Crippen LogP) is 3.58. The summed E-state index contributed by atoms with van der Waals surface area (Å²) in [5.74, 6) is 0.650. The van der Waals surface area contributed by atoms with Gasteiger partial charge in [0, 0.05) is 19.7 Å². The van der Waals surface area contributed by atoms with Crippen molar-refractivity contribution in [1.29, 1.82) is 0 Å². The molecule has 2 heterocycles. The number of likely N-dealkylation sites (N-methyl/N-ethyl adjacent to an activating group) is 1. The summed E-state index contributed by atoms with van der Waals surface area (Å²) in [5.41, 5.74) is 1.77. The molecule has 3 aromatic rings. The highest BCUT2D eigenvalue weighted by Crippen LogP contribution is 2.25. The van der Waals surface area contributed by atoms with Crippen molar-refractivity contribution in [2.24, 2.45) is 0 Å². The first-order valence-corrected chi connectivity index (χ1v) is 8.45. The second kappa shape index (κ2) is 7.90. The Kier molecular flexibility index (Phi) is 5.40. The molecular formula is C18H18N2O3S. The van der Waals surface area contributed by atoms with E-state index in [4.69, 9.17) is 9.26 Å². The van der Waals surface area contributed by atoms with Gasteiger partial charge in [0.1, 0.15) is 12.3 Å². The zero-order chi connectivity index (χ0) is 16.8. The van der Waals surface area contributed by atoms with Crippen molar-refractivity contribution < 1.29 is 14.1 Å². The lowest BCUT2D eigenvalue weighted by molar-refractivity contribution is -0.135. The fraction of sp³-hybridized carbons (Fsp3) is 0.222. The summed E-state index contributed by atoms with van der Waals surface area (Å²) >= 11 is 1.59. The summed E-state index contributed by atoms with van der Waals surface area (Å²) in [6.07, 6.45) is 0. The molecule has 0 radical (unpaired) electrons. The van der Waals surface area contributed by atoms with Crippen molar-refractivity contribution in [1.82, 2.24) is 10.1 Å². The van der Waals surface area contributed by atoms with Crippen LogP contribution in [0, 0.1) is 0 Å². The van der Waals surface area contributed by atoms with Crippen LogP contribution in [-0.4, -0.2) is 29.6 Å². The van der Waals surface area contributed by atoms with Crippen LogP contribution in [0.3, 0.4) is 0 Å². The molecule has 124 valence electrons. The molecule has 0 aliphatic rings. The summed E-state index contributed by atoms with van der Waals surface area (Å²) in [6.45, 7) is 0.833. The molecule has 3 rings (SSSR count). The molecule has 1 aromatic carbocycles. The second-order valence-electron chi connectivity index (χ2n) is 5.39. The van der Waals surface area contributed by atoms with E-state index in [2.05, 4.69) is 5.16 Å². The summed E-state index contributed by atoms with van der Waals surface area (Å²) in [7, 11) is 1.77. The number of thiophene rings is 1. The first kappa shape index (κ1) is 16.4. The molecule has 24 heavy (non-hydrogen) atoms. The Morgan fingerprint density at radius 2 is 2.08 bits per heavy atom. The number of amides is 1. The van der Waals surface area contributed by atoms with Gasteiger partial charge in [0.2, 0.25) is 5.91 Å². The topological polar surface area (TPSA) is 55.6 Å². The van der Waals surface area contributed by atoms with Gasteiger partial charge in [-0.15, -0.1) is 11.3 Å². The van der Waals surface area contributed by atoms with E-state index in [9.17, 15) is 4.79 Å². The normalized spacial score (nSPS) is 10.7. The van der Waals surface area contributed by atoms with E-state index in [-0.39, 0.29) is 19.1 Å². The molecule has 0 N–H and O–H groups in total. The third-order valence-electron chi connectivity index (χ3n) is 3.49. The molecule has 2 aromatic heterocycles. The number of ether oxygens (including phenoxy) is 1. The van der Waals surface area contributed by atoms with E-state index >= 15 is 0 Å².